The van der Waals surface area contributed by atoms with Crippen LogP contribution >= 0.6 is 11.8 Å². The van der Waals surface area contributed by atoms with Gasteiger partial charge in [0.05, 0.1) is 12.0 Å². The molecule has 0 spiro atoms. The highest BCUT2D eigenvalue weighted by atomic mass is 32.2. The Morgan fingerprint density at radius 3 is 2.71 bits per heavy atom. The van der Waals surface area contributed by atoms with Crippen molar-refractivity contribution in [1.29, 1.82) is 0 Å². The van der Waals surface area contributed by atoms with E-state index >= 15 is 0 Å². The molecule has 2 fully saturated rings. The normalized spacial score (nSPS) is 24.6. The molecule has 0 radical (unpaired) electrons. The first-order valence-electron chi connectivity index (χ1n) is 10.5. The zero-order valence-electron chi connectivity index (χ0n) is 17.6. The van der Waals surface area contributed by atoms with E-state index in [9.17, 15) is 24.3 Å². The van der Waals surface area contributed by atoms with E-state index in [2.05, 4.69) is 10.6 Å². The Labute approximate surface area is 186 Å². The highest BCUT2D eigenvalue weighted by Crippen LogP contribution is 2.32. The minimum Gasteiger partial charge on any atom is -0.481 e. The van der Waals surface area contributed by atoms with Crippen LogP contribution in [0.4, 0.5) is 0 Å². The summed E-state index contributed by atoms with van der Waals surface area (Å²) >= 11 is 1.35. The summed E-state index contributed by atoms with van der Waals surface area (Å²) in [5.74, 6) is -2.01. The van der Waals surface area contributed by atoms with Gasteiger partial charge in [-0.2, -0.15) is 11.8 Å². The zero-order valence-corrected chi connectivity index (χ0v) is 18.4. The molecule has 8 nitrogen and oxygen atoms in total. The lowest BCUT2D eigenvalue weighted by Gasteiger charge is -2.38. The Morgan fingerprint density at radius 1 is 1.29 bits per heavy atom. The molecule has 1 aliphatic carbocycles. The van der Waals surface area contributed by atoms with Gasteiger partial charge >= 0.3 is 5.97 Å². The Bertz CT molecular complexity index is 819. The van der Waals surface area contributed by atoms with E-state index in [-0.39, 0.29) is 30.1 Å². The van der Waals surface area contributed by atoms with Crippen LogP contribution in [0.3, 0.4) is 0 Å². The Balaban J connectivity index is 1.67. The van der Waals surface area contributed by atoms with Gasteiger partial charge in [-0.25, -0.2) is 0 Å². The maximum Gasteiger partial charge on any atom is 0.307 e. The third kappa shape index (κ3) is 5.86. The van der Waals surface area contributed by atoms with Gasteiger partial charge in [0, 0.05) is 50.4 Å². The molecule has 31 heavy (non-hydrogen) atoms. The van der Waals surface area contributed by atoms with E-state index in [1.54, 1.807) is 4.90 Å². The maximum atomic E-state index is 13.4. The summed E-state index contributed by atoms with van der Waals surface area (Å²) in [4.78, 5) is 50.5. The standard InChI is InChI=1S/C22H29N3O5S/c1-14(26)24-18(13-31-12-17-16(22(29)30)7-8-20(17)27)21(28)25-10-9-23-11-19(25)15-5-3-2-4-6-15/h2-6,16-19,23H,7-13H2,1H3,(H,24,26)(H,29,30)/t16?,17?,18-,19-/m0/s1. The minimum atomic E-state index is -0.947. The van der Waals surface area contributed by atoms with E-state index in [0.717, 1.165) is 5.56 Å². The molecule has 2 aliphatic rings. The van der Waals surface area contributed by atoms with Crippen molar-refractivity contribution >= 4 is 35.3 Å². The molecular weight excluding hydrogens is 418 g/mol. The van der Waals surface area contributed by atoms with Gasteiger partial charge in [0.1, 0.15) is 11.8 Å². The molecule has 3 rings (SSSR count). The summed E-state index contributed by atoms with van der Waals surface area (Å²) in [6.07, 6.45) is 0.656. The van der Waals surface area contributed by atoms with Gasteiger partial charge in [-0.15, -0.1) is 0 Å². The van der Waals surface area contributed by atoms with Gasteiger partial charge in [0.25, 0.3) is 0 Å². The second kappa shape index (κ2) is 10.8. The van der Waals surface area contributed by atoms with Crippen molar-refractivity contribution in [3.8, 4) is 0 Å². The largest absolute Gasteiger partial charge is 0.481 e. The first kappa shape index (κ1) is 23.3. The lowest BCUT2D eigenvalue weighted by molar-refractivity contribution is -0.143. The summed E-state index contributed by atoms with van der Waals surface area (Å²) in [6.45, 7) is 3.21. The van der Waals surface area contributed by atoms with E-state index in [1.807, 2.05) is 30.3 Å². The van der Waals surface area contributed by atoms with E-state index in [1.165, 1.54) is 18.7 Å². The van der Waals surface area contributed by atoms with Crippen molar-refractivity contribution in [2.24, 2.45) is 11.8 Å². The summed E-state index contributed by atoms with van der Waals surface area (Å²) in [6, 6.07) is 8.91. The smallest absolute Gasteiger partial charge is 0.307 e. The second-order valence-electron chi connectivity index (χ2n) is 8.01. The van der Waals surface area contributed by atoms with Gasteiger partial charge < -0.3 is 20.6 Å². The third-order valence-corrected chi connectivity index (χ3v) is 7.05. The van der Waals surface area contributed by atoms with E-state index in [4.69, 9.17) is 0 Å². The molecule has 1 aliphatic heterocycles. The molecule has 1 aromatic rings. The van der Waals surface area contributed by atoms with Gasteiger partial charge in [0.2, 0.25) is 11.8 Å². The maximum absolute atomic E-state index is 13.4. The van der Waals surface area contributed by atoms with Crippen LogP contribution < -0.4 is 10.6 Å². The highest BCUT2D eigenvalue weighted by Gasteiger charge is 2.39. The number of piperazine rings is 1. The molecule has 168 valence electrons. The van der Waals surface area contributed by atoms with Crippen LogP contribution in [0.25, 0.3) is 0 Å². The van der Waals surface area contributed by atoms with E-state index in [0.29, 0.717) is 37.6 Å². The number of carboxylic acid groups (broad SMARTS) is 1. The number of carbonyl (C=O) groups excluding carboxylic acids is 3. The van der Waals surface area contributed by atoms with Crippen molar-refractivity contribution in [3.05, 3.63) is 35.9 Å². The number of rotatable bonds is 8. The SMILES string of the molecule is CC(=O)N[C@@H](CSCC1C(=O)CCC1C(=O)O)C(=O)N1CCNC[C@H]1c1ccccc1. The lowest BCUT2D eigenvalue weighted by atomic mass is 9.98. The number of carbonyl (C=O) groups is 4. The summed E-state index contributed by atoms with van der Waals surface area (Å²) in [7, 11) is 0. The molecule has 2 amide bonds. The van der Waals surface area contributed by atoms with Gasteiger partial charge in [-0.1, -0.05) is 30.3 Å². The number of benzene rings is 1. The lowest BCUT2D eigenvalue weighted by Crippen LogP contribution is -2.56. The third-order valence-electron chi connectivity index (χ3n) is 5.89. The minimum absolute atomic E-state index is 0.0337. The molecule has 1 heterocycles. The molecular formula is C22H29N3O5S. The number of Topliss-reactive ketones (excluding diaryl/α,β-unsaturated/α-hetero) is 1. The average molecular weight is 448 g/mol. The molecule has 4 atom stereocenters. The summed E-state index contributed by atoms with van der Waals surface area (Å²) < 4.78 is 0. The van der Waals surface area contributed by atoms with Crippen LogP contribution in [-0.2, 0) is 19.2 Å². The number of thioether (sulfide) groups is 1. The van der Waals surface area contributed by atoms with Gasteiger partial charge in [-0.05, 0) is 12.0 Å². The number of nitrogens with zero attached hydrogens (tertiary/aromatic N) is 1. The molecule has 9 heteroatoms. The molecule has 1 aromatic carbocycles. The van der Waals surface area contributed by atoms with Crippen molar-refractivity contribution in [2.75, 3.05) is 31.1 Å². The van der Waals surface area contributed by atoms with Crippen LogP contribution in [0.2, 0.25) is 0 Å². The van der Waals surface area contributed by atoms with E-state index < -0.39 is 23.8 Å². The number of amides is 2. The molecule has 0 aromatic heterocycles. The van der Waals surface area contributed by atoms with Crippen molar-refractivity contribution < 1.29 is 24.3 Å². The number of hydrogen-bond acceptors (Lipinski definition) is 6. The molecule has 0 bridgehead atoms. The summed E-state index contributed by atoms with van der Waals surface area (Å²) in [5.41, 5.74) is 1.03. The fourth-order valence-electron chi connectivity index (χ4n) is 4.29. The summed E-state index contributed by atoms with van der Waals surface area (Å²) in [5, 5.41) is 15.4. The van der Waals surface area contributed by atoms with Crippen LogP contribution in [0.5, 0.6) is 0 Å². The number of nitrogens with one attached hydrogen (secondary N) is 2. The van der Waals surface area contributed by atoms with Gasteiger partial charge in [0.15, 0.2) is 0 Å². The van der Waals surface area contributed by atoms with Crippen molar-refractivity contribution in [1.82, 2.24) is 15.5 Å². The molecule has 2 unspecified atom stereocenters. The topological polar surface area (TPSA) is 116 Å². The van der Waals surface area contributed by atoms with Crippen LogP contribution in [0.15, 0.2) is 30.3 Å². The van der Waals surface area contributed by atoms with Crippen LogP contribution in [-0.4, -0.2) is 70.8 Å². The second-order valence-corrected chi connectivity index (χ2v) is 9.08. The molecule has 1 saturated carbocycles. The molecule has 3 N–H and O–H groups in total. The van der Waals surface area contributed by atoms with Crippen molar-refractivity contribution in [2.45, 2.75) is 31.8 Å². The van der Waals surface area contributed by atoms with Crippen LogP contribution in [0.1, 0.15) is 31.4 Å². The monoisotopic (exact) mass is 447 g/mol. The number of carboxylic acids is 1. The number of hydrogen-bond donors (Lipinski definition) is 3. The fraction of sp³-hybridized carbons (Fsp3) is 0.545. The quantitative estimate of drug-likeness (QED) is 0.546. The average Bonchev–Trinajstić information content (AvgIpc) is 3.13. The first-order valence-corrected chi connectivity index (χ1v) is 11.7. The van der Waals surface area contributed by atoms with Crippen molar-refractivity contribution in [3.63, 3.8) is 0 Å². The first-order chi connectivity index (χ1) is 14.9. The molecule has 1 saturated heterocycles. The fourth-order valence-corrected chi connectivity index (χ4v) is 5.56. The zero-order chi connectivity index (χ0) is 22.4. The van der Waals surface area contributed by atoms with Crippen LogP contribution in [0, 0.1) is 11.8 Å². The highest BCUT2D eigenvalue weighted by molar-refractivity contribution is 7.99. The Hall–Kier alpha value is -2.39. The Morgan fingerprint density at radius 2 is 2.03 bits per heavy atom. The van der Waals surface area contributed by atoms with Gasteiger partial charge in [-0.3, -0.25) is 19.2 Å². The number of ketones is 1. The number of aliphatic carboxylic acids is 1. The predicted octanol–water partition coefficient (Wildman–Crippen LogP) is 1.08. The predicted molar refractivity (Wildman–Crippen MR) is 118 cm³/mol. The Kier molecular flexibility index (Phi) is 8.09.